The third-order valence-electron chi connectivity index (χ3n) is 8.63. The number of benzene rings is 3. The summed E-state index contributed by atoms with van der Waals surface area (Å²) in [7, 11) is -5.05. The first kappa shape index (κ1) is 39.0. The van der Waals surface area contributed by atoms with Crippen LogP contribution in [-0.2, 0) is 24.8 Å². The third kappa shape index (κ3) is 9.72. The van der Waals surface area contributed by atoms with Gasteiger partial charge < -0.3 is 24.2 Å². The molecule has 1 amide bonds. The van der Waals surface area contributed by atoms with Gasteiger partial charge >= 0.3 is 0 Å². The monoisotopic (exact) mass is 735 g/mol. The predicted molar refractivity (Wildman–Crippen MR) is 187 cm³/mol. The standard InChI is InChI=1S/C35H46FN3O9S2/c1-24-21-39(25(2)23-40)35(41)32-20-28(37-49(42,43)30-14-9-27(36)10-15-30)11-18-33(32)48-26(3)8-6-7-19-47-34(24)22-38(4)50(44,45)31-16-12-29(46-5)13-17-31/h9-18,20,24-26,34,37,40H,6-8,19,21-23H2,1-5H3/t24-,25-,26-,34-/m0/s1. The first-order valence-electron chi connectivity index (χ1n) is 16.4. The minimum atomic E-state index is -4.13. The van der Waals surface area contributed by atoms with Crippen molar-refractivity contribution in [2.24, 2.45) is 5.92 Å². The number of hydrogen-bond donors (Lipinski definition) is 2. The molecule has 1 heterocycles. The maximum Gasteiger partial charge on any atom is 0.261 e. The number of nitrogens with zero attached hydrogens (tertiary/aromatic N) is 2. The molecule has 0 aliphatic carbocycles. The molecule has 4 rings (SSSR count). The maximum absolute atomic E-state index is 14.4. The number of hydrogen-bond acceptors (Lipinski definition) is 9. The fourth-order valence-corrected chi connectivity index (χ4v) is 7.79. The number of carbonyl (C=O) groups is 1. The second kappa shape index (κ2) is 17.0. The number of aliphatic hydroxyl groups is 1. The molecule has 0 aromatic heterocycles. The molecule has 2 N–H and O–H groups in total. The van der Waals surface area contributed by atoms with Crippen LogP contribution in [0.5, 0.6) is 11.5 Å². The molecule has 3 aromatic carbocycles. The van der Waals surface area contributed by atoms with Crippen molar-refractivity contribution < 1.29 is 45.3 Å². The average molecular weight is 736 g/mol. The highest BCUT2D eigenvalue weighted by molar-refractivity contribution is 7.92. The van der Waals surface area contributed by atoms with E-state index in [0.717, 1.165) is 30.7 Å². The van der Waals surface area contributed by atoms with Crippen LogP contribution < -0.4 is 14.2 Å². The van der Waals surface area contributed by atoms with E-state index in [9.17, 15) is 31.1 Å². The second-order valence-corrected chi connectivity index (χ2v) is 16.3. The van der Waals surface area contributed by atoms with Crippen molar-refractivity contribution in [1.29, 1.82) is 0 Å². The Labute approximate surface area is 294 Å². The number of methoxy groups -OCH3 is 1. The number of sulfonamides is 2. The van der Waals surface area contributed by atoms with E-state index >= 15 is 0 Å². The normalized spacial score (nSPS) is 20.4. The number of halogens is 1. The molecule has 3 aromatic rings. The SMILES string of the molecule is COc1ccc(S(=O)(=O)N(C)C[C@@H]2OCCCC[C@H](C)Oc3ccc(NS(=O)(=O)c4ccc(F)cc4)cc3C(=O)N([C@@H](C)CO)C[C@@H]2C)cc1. The Balaban J connectivity index is 1.66. The molecule has 4 atom stereocenters. The van der Waals surface area contributed by atoms with Crippen LogP contribution in [0.4, 0.5) is 10.1 Å². The lowest BCUT2D eigenvalue weighted by atomic mass is 10.0. The number of ether oxygens (including phenoxy) is 3. The summed E-state index contributed by atoms with van der Waals surface area (Å²) in [5, 5.41) is 10.2. The van der Waals surface area contributed by atoms with Gasteiger partial charge in [-0.15, -0.1) is 0 Å². The molecule has 12 nitrogen and oxygen atoms in total. The smallest absolute Gasteiger partial charge is 0.261 e. The Morgan fingerprint density at radius 2 is 1.68 bits per heavy atom. The predicted octanol–water partition coefficient (Wildman–Crippen LogP) is 4.75. The Kier molecular flexibility index (Phi) is 13.2. The molecule has 0 spiro atoms. The van der Waals surface area contributed by atoms with E-state index in [-0.39, 0.29) is 52.6 Å². The molecule has 0 fully saturated rings. The van der Waals surface area contributed by atoms with Crippen molar-refractivity contribution in [3.8, 4) is 11.5 Å². The van der Waals surface area contributed by atoms with Gasteiger partial charge in [-0.2, -0.15) is 4.31 Å². The first-order chi connectivity index (χ1) is 23.7. The van der Waals surface area contributed by atoms with Gasteiger partial charge in [0, 0.05) is 38.3 Å². The minimum absolute atomic E-state index is 0.00349. The van der Waals surface area contributed by atoms with Crippen LogP contribution in [0.3, 0.4) is 0 Å². The number of aliphatic hydroxyl groups excluding tert-OH is 1. The summed E-state index contributed by atoms with van der Waals surface area (Å²) in [6.45, 7) is 5.44. The van der Waals surface area contributed by atoms with Crippen LogP contribution in [0.1, 0.15) is 50.4 Å². The molecule has 15 heteroatoms. The number of nitrogens with one attached hydrogen (secondary N) is 1. The summed E-state index contributed by atoms with van der Waals surface area (Å²) in [6, 6.07) is 14.1. The number of likely N-dealkylation sites (N-methyl/N-ethyl adjacent to an activating group) is 1. The number of amides is 1. The lowest BCUT2D eigenvalue weighted by molar-refractivity contribution is -0.00834. The van der Waals surface area contributed by atoms with E-state index in [1.54, 1.807) is 19.1 Å². The zero-order chi connectivity index (χ0) is 36.6. The Morgan fingerprint density at radius 1 is 1.02 bits per heavy atom. The molecular weight excluding hydrogens is 690 g/mol. The van der Waals surface area contributed by atoms with Crippen molar-refractivity contribution in [3.63, 3.8) is 0 Å². The zero-order valence-electron chi connectivity index (χ0n) is 28.9. The van der Waals surface area contributed by atoms with Gasteiger partial charge in [0.1, 0.15) is 17.3 Å². The van der Waals surface area contributed by atoms with E-state index in [0.29, 0.717) is 25.2 Å². The van der Waals surface area contributed by atoms with Crippen LogP contribution in [0, 0.1) is 11.7 Å². The summed E-state index contributed by atoms with van der Waals surface area (Å²) in [5.41, 5.74) is 0.146. The van der Waals surface area contributed by atoms with Gasteiger partial charge in [0.05, 0.1) is 47.3 Å². The van der Waals surface area contributed by atoms with Crippen molar-refractivity contribution in [3.05, 3.63) is 78.1 Å². The van der Waals surface area contributed by atoms with Gasteiger partial charge in [-0.05, 0) is 99.8 Å². The van der Waals surface area contributed by atoms with Gasteiger partial charge in [0.2, 0.25) is 10.0 Å². The highest BCUT2D eigenvalue weighted by Gasteiger charge is 2.32. The minimum Gasteiger partial charge on any atom is -0.497 e. The quantitative estimate of drug-likeness (QED) is 0.301. The van der Waals surface area contributed by atoms with Crippen LogP contribution in [0.15, 0.2) is 76.5 Å². The summed E-state index contributed by atoms with van der Waals surface area (Å²) in [6.07, 6.45) is 1.09. The molecule has 0 saturated carbocycles. The van der Waals surface area contributed by atoms with Gasteiger partial charge in [0.25, 0.3) is 15.9 Å². The second-order valence-electron chi connectivity index (χ2n) is 12.5. The van der Waals surface area contributed by atoms with E-state index in [4.69, 9.17) is 14.2 Å². The fourth-order valence-electron chi connectivity index (χ4n) is 5.56. The van der Waals surface area contributed by atoms with Gasteiger partial charge in [-0.3, -0.25) is 9.52 Å². The first-order valence-corrected chi connectivity index (χ1v) is 19.3. The van der Waals surface area contributed by atoms with Crippen LogP contribution >= 0.6 is 0 Å². The highest BCUT2D eigenvalue weighted by atomic mass is 32.2. The molecule has 0 radical (unpaired) electrons. The van der Waals surface area contributed by atoms with E-state index in [1.807, 2.05) is 13.8 Å². The number of carbonyl (C=O) groups excluding carboxylic acids is 1. The highest BCUT2D eigenvalue weighted by Crippen LogP contribution is 2.30. The Morgan fingerprint density at radius 3 is 2.32 bits per heavy atom. The molecule has 1 aliphatic rings. The summed E-state index contributed by atoms with van der Waals surface area (Å²) < 4.78 is 88.0. The average Bonchev–Trinajstić information content (AvgIpc) is 3.09. The van der Waals surface area contributed by atoms with E-state index < -0.39 is 49.8 Å². The molecule has 0 unspecified atom stereocenters. The van der Waals surface area contributed by atoms with Crippen molar-refractivity contribution in [1.82, 2.24) is 9.21 Å². The molecule has 0 bridgehead atoms. The van der Waals surface area contributed by atoms with E-state index in [1.165, 1.54) is 53.7 Å². The van der Waals surface area contributed by atoms with Crippen LogP contribution in [-0.4, -0.2) is 95.8 Å². The summed E-state index contributed by atoms with van der Waals surface area (Å²) in [5.74, 6) is -0.759. The van der Waals surface area contributed by atoms with E-state index in [2.05, 4.69) is 4.72 Å². The lowest BCUT2D eigenvalue weighted by Crippen LogP contribution is -2.48. The Hall–Kier alpha value is -3.76. The molecule has 1 aliphatic heterocycles. The van der Waals surface area contributed by atoms with Crippen molar-refractivity contribution >= 4 is 31.6 Å². The lowest BCUT2D eigenvalue weighted by Gasteiger charge is -2.35. The Bertz CT molecular complexity index is 1810. The fraction of sp³-hybridized carbons (Fsp3) is 0.457. The number of fused-ring (bicyclic) bond motifs is 1. The van der Waals surface area contributed by atoms with Crippen molar-refractivity contribution in [2.75, 3.05) is 45.2 Å². The molecule has 0 saturated heterocycles. The van der Waals surface area contributed by atoms with Gasteiger partial charge in [-0.1, -0.05) is 6.92 Å². The van der Waals surface area contributed by atoms with Gasteiger partial charge in [0.15, 0.2) is 0 Å². The zero-order valence-corrected chi connectivity index (χ0v) is 30.5. The van der Waals surface area contributed by atoms with Crippen LogP contribution in [0.2, 0.25) is 0 Å². The molecule has 50 heavy (non-hydrogen) atoms. The third-order valence-corrected chi connectivity index (χ3v) is 11.9. The largest absolute Gasteiger partial charge is 0.497 e. The summed E-state index contributed by atoms with van der Waals surface area (Å²) >= 11 is 0. The molecule has 274 valence electrons. The van der Waals surface area contributed by atoms with Crippen LogP contribution in [0.25, 0.3) is 0 Å². The van der Waals surface area contributed by atoms with Crippen molar-refractivity contribution in [2.45, 2.75) is 68.1 Å². The number of rotatable bonds is 10. The summed E-state index contributed by atoms with van der Waals surface area (Å²) in [4.78, 5) is 15.8. The molecular formula is C35H46FN3O9S2. The topological polar surface area (TPSA) is 152 Å². The van der Waals surface area contributed by atoms with Gasteiger partial charge in [-0.25, -0.2) is 21.2 Å². The maximum atomic E-state index is 14.4. The number of anilines is 1.